The third kappa shape index (κ3) is 6.74. The van der Waals surface area contributed by atoms with Gasteiger partial charge in [0.2, 0.25) is 0 Å². The van der Waals surface area contributed by atoms with Crippen molar-refractivity contribution < 1.29 is 0 Å². The fourth-order valence-corrected chi connectivity index (χ4v) is 10.3. The van der Waals surface area contributed by atoms with Gasteiger partial charge in [-0.1, -0.05) is 188 Å². The number of nitrogens with zero attached hydrogens (tertiary/aromatic N) is 2. The number of hydrogen-bond donors (Lipinski definition) is 0. The Kier molecular flexibility index (Phi) is 9.65. The first kappa shape index (κ1) is 39.2. The molecule has 2 heteroatoms. The summed E-state index contributed by atoms with van der Waals surface area (Å²) in [5.74, 6) is 0. The highest BCUT2D eigenvalue weighted by Crippen LogP contribution is 2.47. The monoisotopic (exact) mass is 840 g/mol. The minimum absolute atomic E-state index is 0.942. The van der Waals surface area contributed by atoms with E-state index in [1.807, 2.05) is 12.3 Å². The predicted octanol–water partition coefficient (Wildman–Crippen LogP) is 17.4. The number of rotatable bonds is 7. The van der Waals surface area contributed by atoms with Crippen LogP contribution in [0, 0.1) is 13.8 Å². The van der Waals surface area contributed by atoms with Gasteiger partial charge in [-0.15, -0.1) is 0 Å². The number of aryl methyl sites for hydroxylation is 2. The highest BCUT2D eigenvalue weighted by Gasteiger charge is 2.21. The fourth-order valence-electron chi connectivity index (χ4n) is 10.3. The van der Waals surface area contributed by atoms with E-state index in [4.69, 9.17) is 9.97 Å². The highest BCUT2D eigenvalue weighted by atomic mass is 14.7. The quantitative estimate of drug-likeness (QED) is 0.149. The molecule has 12 rings (SSSR count). The van der Waals surface area contributed by atoms with Crippen LogP contribution in [0.1, 0.15) is 11.1 Å². The maximum atomic E-state index is 5.53. The molecule has 0 amide bonds. The van der Waals surface area contributed by atoms with E-state index in [0.29, 0.717) is 0 Å². The lowest BCUT2D eigenvalue weighted by atomic mass is 9.84. The van der Waals surface area contributed by atoms with Gasteiger partial charge in [-0.3, -0.25) is 4.98 Å². The minimum atomic E-state index is 0.942. The van der Waals surface area contributed by atoms with E-state index < -0.39 is 0 Å². The Morgan fingerprint density at radius 3 is 1.05 bits per heavy atom. The smallest absolute Gasteiger partial charge is 0.0731 e. The largest absolute Gasteiger partial charge is 0.256 e. The zero-order valence-electron chi connectivity index (χ0n) is 36.8. The van der Waals surface area contributed by atoms with Crippen molar-refractivity contribution in [1.82, 2.24) is 9.97 Å². The van der Waals surface area contributed by atoms with E-state index in [1.165, 1.54) is 87.6 Å². The van der Waals surface area contributed by atoms with Gasteiger partial charge in [-0.05, 0) is 149 Å². The van der Waals surface area contributed by atoms with Crippen molar-refractivity contribution in [2.45, 2.75) is 13.8 Å². The standard InChI is InChI=1S/C64H44N2/c1-41-36-58(47-29-32-52-55(38-47)62(45-23-11-5-12-24-45)51-28-16-15-27-50(51)60(52)43-19-7-3-8-20-43)66-59(37-41)48-30-33-53-56(39-48)63(46-25-13-6-14-26-46)57-40-49(64-42(2)18-17-35-65-64)31-34-54(57)61(53)44-21-9-4-10-22-44/h3-40H,1-2H3. The van der Waals surface area contributed by atoms with E-state index in [-0.39, 0.29) is 0 Å². The molecule has 0 bridgehead atoms. The molecule has 0 N–H and O–H groups in total. The Labute approximate surface area is 385 Å². The Hall–Kier alpha value is -8.46. The van der Waals surface area contributed by atoms with Crippen LogP contribution in [-0.4, -0.2) is 9.97 Å². The Morgan fingerprint density at radius 1 is 0.273 bits per heavy atom. The molecule has 2 nitrogen and oxygen atoms in total. The van der Waals surface area contributed by atoms with Crippen LogP contribution in [0.3, 0.4) is 0 Å². The predicted molar refractivity (Wildman–Crippen MR) is 280 cm³/mol. The molecule has 0 aliphatic carbocycles. The lowest BCUT2D eigenvalue weighted by Gasteiger charge is -2.20. The fraction of sp³-hybridized carbons (Fsp3) is 0.0312. The highest BCUT2D eigenvalue weighted by molar-refractivity contribution is 6.23. The van der Waals surface area contributed by atoms with E-state index >= 15 is 0 Å². The molecule has 2 heterocycles. The molecule has 310 valence electrons. The Morgan fingerprint density at radius 2 is 0.621 bits per heavy atom. The molecule has 0 atom stereocenters. The third-order valence-electron chi connectivity index (χ3n) is 13.2. The van der Waals surface area contributed by atoms with Gasteiger partial charge in [0.25, 0.3) is 0 Å². The first-order chi connectivity index (χ1) is 32.6. The van der Waals surface area contributed by atoms with Crippen molar-refractivity contribution in [2.75, 3.05) is 0 Å². The number of benzene rings is 10. The molecule has 2 aromatic heterocycles. The van der Waals surface area contributed by atoms with Crippen LogP contribution in [-0.2, 0) is 0 Å². The molecule has 0 fully saturated rings. The summed E-state index contributed by atoms with van der Waals surface area (Å²) in [4.78, 5) is 10.4. The molecule has 0 saturated carbocycles. The number of hydrogen-bond acceptors (Lipinski definition) is 2. The molecule has 0 unspecified atom stereocenters. The molecule has 0 radical (unpaired) electrons. The maximum Gasteiger partial charge on any atom is 0.0731 e. The first-order valence-electron chi connectivity index (χ1n) is 22.7. The normalized spacial score (nSPS) is 11.5. The van der Waals surface area contributed by atoms with E-state index in [0.717, 1.165) is 44.9 Å². The van der Waals surface area contributed by atoms with Crippen LogP contribution < -0.4 is 0 Å². The summed E-state index contributed by atoms with van der Waals surface area (Å²) in [6.07, 6.45) is 1.89. The van der Waals surface area contributed by atoms with E-state index in [2.05, 4.69) is 232 Å². The molecular weight excluding hydrogens is 797 g/mol. The second kappa shape index (κ2) is 16.3. The zero-order chi connectivity index (χ0) is 44.1. The lowest BCUT2D eigenvalue weighted by Crippen LogP contribution is -1.95. The Bertz CT molecular complexity index is 3800. The first-order valence-corrected chi connectivity index (χ1v) is 22.7. The van der Waals surface area contributed by atoms with Crippen LogP contribution in [0.5, 0.6) is 0 Å². The average Bonchev–Trinajstić information content (AvgIpc) is 3.37. The Balaban J connectivity index is 1.10. The summed E-state index contributed by atoms with van der Waals surface area (Å²) >= 11 is 0. The summed E-state index contributed by atoms with van der Waals surface area (Å²) in [7, 11) is 0. The summed E-state index contributed by atoms with van der Waals surface area (Å²) in [5, 5.41) is 9.71. The molecular formula is C64H44N2. The van der Waals surface area contributed by atoms with Crippen molar-refractivity contribution in [3.8, 4) is 78.3 Å². The molecule has 12 aromatic rings. The van der Waals surface area contributed by atoms with Crippen LogP contribution in [0.15, 0.2) is 231 Å². The van der Waals surface area contributed by atoms with Gasteiger partial charge in [-0.2, -0.15) is 0 Å². The summed E-state index contributed by atoms with van der Waals surface area (Å²) in [6, 6.07) is 81.6. The summed E-state index contributed by atoms with van der Waals surface area (Å²) in [5.41, 5.74) is 18.1. The van der Waals surface area contributed by atoms with Crippen LogP contribution >= 0.6 is 0 Å². The zero-order valence-corrected chi connectivity index (χ0v) is 36.8. The second-order valence-corrected chi connectivity index (χ2v) is 17.4. The maximum absolute atomic E-state index is 5.53. The van der Waals surface area contributed by atoms with Gasteiger partial charge in [0, 0.05) is 22.9 Å². The average molecular weight is 841 g/mol. The number of aromatic nitrogens is 2. The SMILES string of the molecule is Cc1cc(-c2ccc3c(-c4ccccc4)c4ccccc4c(-c4ccccc4)c3c2)nc(-c2ccc3c(-c4ccccc4)c4ccc(-c5ncccc5C)cc4c(-c4ccccc4)c3c2)c1. The van der Waals surface area contributed by atoms with Crippen LogP contribution in [0.2, 0.25) is 0 Å². The second-order valence-electron chi connectivity index (χ2n) is 17.4. The van der Waals surface area contributed by atoms with Crippen molar-refractivity contribution in [2.24, 2.45) is 0 Å². The number of fused-ring (bicyclic) bond motifs is 4. The van der Waals surface area contributed by atoms with Gasteiger partial charge in [-0.25, -0.2) is 4.98 Å². The summed E-state index contributed by atoms with van der Waals surface area (Å²) < 4.78 is 0. The van der Waals surface area contributed by atoms with Crippen molar-refractivity contribution in [3.63, 3.8) is 0 Å². The molecule has 0 spiro atoms. The third-order valence-corrected chi connectivity index (χ3v) is 13.2. The molecule has 66 heavy (non-hydrogen) atoms. The van der Waals surface area contributed by atoms with Crippen molar-refractivity contribution >= 4 is 43.1 Å². The van der Waals surface area contributed by atoms with E-state index in [9.17, 15) is 0 Å². The van der Waals surface area contributed by atoms with Crippen LogP contribution in [0.25, 0.3) is 121 Å². The van der Waals surface area contributed by atoms with Gasteiger partial charge >= 0.3 is 0 Å². The molecule has 0 aliphatic heterocycles. The van der Waals surface area contributed by atoms with Gasteiger partial charge in [0.15, 0.2) is 0 Å². The van der Waals surface area contributed by atoms with Crippen molar-refractivity contribution in [3.05, 3.63) is 242 Å². The summed E-state index contributed by atoms with van der Waals surface area (Å²) in [6.45, 7) is 4.32. The van der Waals surface area contributed by atoms with Gasteiger partial charge in [0.05, 0.1) is 17.1 Å². The lowest BCUT2D eigenvalue weighted by molar-refractivity contribution is 1.27. The van der Waals surface area contributed by atoms with Crippen molar-refractivity contribution in [1.29, 1.82) is 0 Å². The van der Waals surface area contributed by atoms with Gasteiger partial charge in [0.1, 0.15) is 0 Å². The topological polar surface area (TPSA) is 25.8 Å². The number of pyridine rings is 2. The molecule has 10 aromatic carbocycles. The van der Waals surface area contributed by atoms with Crippen LogP contribution in [0.4, 0.5) is 0 Å². The van der Waals surface area contributed by atoms with E-state index in [1.54, 1.807) is 0 Å². The molecule has 0 saturated heterocycles. The minimum Gasteiger partial charge on any atom is -0.256 e. The molecule has 0 aliphatic rings. The van der Waals surface area contributed by atoms with Gasteiger partial charge < -0.3 is 0 Å².